The maximum Gasteiger partial charge on any atom is 0.226 e. The van der Waals surface area contributed by atoms with Gasteiger partial charge in [-0.15, -0.1) is 0 Å². The highest BCUT2D eigenvalue weighted by atomic mass is 35.5. The predicted molar refractivity (Wildman–Crippen MR) is 255 cm³/mol. The third-order valence-electron chi connectivity index (χ3n) is 13.7. The minimum Gasteiger partial charge on any atom is -0.457 e. The third-order valence-corrected chi connectivity index (χ3v) is 14.2. The van der Waals surface area contributed by atoms with Crippen LogP contribution in [0.2, 0.25) is 10.0 Å². The van der Waals surface area contributed by atoms with E-state index in [1.54, 1.807) is 37.3 Å². The highest BCUT2D eigenvalue weighted by Gasteiger charge is 2.45. The number of aliphatic hydroxyl groups excluding tert-OH is 1. The number of ketones is 1. The minimum absolute atomic E-state index is 0.0495. The van der Waals surface area contributed by atoms with Crippen LogP contribution in [0.5, 0.6) is 11.5 Å². The molecular formula is C52H58Cl2N6O6. The van der Waals surface area contributed by atoms with E-state index in [2.05, 4.69) is 31.9 Å². The van der Waals surface area contributed by atoms with Gasteiger partial charge in [-0.25, -0.2) is 4.98 Å². The molecule has 66 heavy (non-hydrogen) atoms. The Labute approximate surface area is 396 Å². The summed E-state index contributed by atoms with van der Waals surface area (Å²) in [5.41, 5.74) is 4.75. The normalized spacial score (nSPS) is 22.9. The molecular weight excluding hydrogens is 876 g/mol. The number of imidazole rings is 1. The first-order valence-electron chi connectivity index (χ1n) is 22.8. The molecule has 0 saturated carbocycles. The molecule has 14 heteroatoms. The topological polar surface area (TPSA) is 137 Å². The third kappa shape index (κ3) is 10.4. The van der Waals surface area contributed by atoms with Gasteiger partial charge in [-0.2, -0.15) is 0 Å². The van der Waals surface area contributed by atoms with Crippen molar-refractivity contribution in [2.24, 2.45) is 18.9 Å². The summed E-state index contributed by atoms with van der Waals surface area (Å²) in [5, 5.41) is 14.9. The Morgan fingerprint density at radius 1 is 0.924 bits per heavy atom. The fraction of sp³-hybridized carbons (Fsp3) is 0.404. The number of aryl methyl sites for hydroxylation is 1. The second-order valence-electron chi connectivity index (χ2n) is 18.6. The van der Waals surface area contributed by atoms with E-state index in [1.807, 2.05) is 80.8 Å². The SMILES string of the molecule is C[C@H]1C(=O)C[C@@H](CO)C(=O)N[C@@]2(Cc3ccc(Cl)cc3)CCCN(C2)C(=O)[C@H]([C@@H]2CCc3ccccc32)CC(=O)N1Cc1ccc(Cl)cc1Oc1ccc(-c2cnc(CN(C)C)n2C)cc1. The number of nitrogens with one attached hydrogen (secondary N) is 1. The molecule has 2 fully saturated rings. The summed E-state index contributed by atoms with van der Waals surface area (Å²) in [7, 11) is 5.99. The van der Waals surface area contributed by atoms with Crippen molar-refractivity contribution in [3.05, 3.63) is 135 Å². The molecule has 0 radical (unpaired) electrons. The lowest BCUT2D eigenvalue weighted by molar-refractivity contribution is -0.148. The van der Waals surface area contributed by atoms with Gasteiger partial charge in [-0.1, -0.05) is 65.7 Å². The monoisotopic (exact) mass is 932 g/mol. The maximum atomic E-state index is 15.3. The van der Waals surface area contributed by atoms with E-state index in [9.17, 15) is 14.7 Å². The van der Waals surface area contributed by atoms with Gasteiger partial charge in [0, 0.05) is 54.2 Å². The molecule has 1 aliphatic carbocycles. The molecule has 2 saturated heterocycles. The van der Waals surface area contributed by atoms with E-state index in [0.29, 0.717) is 65.9 Å². The molecule has 1 aromatic heterocycles. The number of carbonyl (C=O) groups excluding carboxylic acids is 4. The summed E-state index contributed by atoms with van der Waals surface area (Å²) in [5.74, 6) is -1.59. The molecule has 3 aliphatic rings. The fourth-order valence-electron chi connectivity index (χ4n) is 10.1. The average molecular weight is 934 g/mol. The number of benzene rings is 4. The second-order valence-corrected chi connectivity index (χ2v) is 19.4. The van der Waals surface area contributed by atoms with Gasteiger partial charge in [0.1, 0.15) is 17.3 Å². The van der Waals surface area contributed by atoms with Gasteiger partial charge in [0.25, 0.3) is 0 Å². The van der Waals surface area contributed by atoms with Crippen molar-refractivity contribution in [3.63, 3.8) is 0 Å². The molecule has 12 nitrogen and oxygen atoms in total. The molecule has 3 heterocycles. The van der Waals surface area contributed by atoms with E-state index in [-0.39, 0.29) is 43.7 Å². The standard InChI is InChI=1S/C52H58Cl2N6O6/c1-33-46(62)24-38(31-61)50(64)56-52(27-34-10-16-39(53)17-11-34)22-7-23-59(32-52)51(65)44(43-21-15-35-8-5-6-9-42(35)43)26-49(63)60(33)29-37-12-18-40(54)25-47(37)66-41-19-13-36(14-20-41)45-28-55-48(58(45)4)30-57(2)3/h5-6,8-14,16-20,25,28,33,38,43-44,61H,7,15,21-24,26-27,29-32H2,1-4H3,(H,56,64)/t33-,38-,43+,44-,52+/m0/s1. The van der Waals surface area contributed by atoms with E-state index in [0.717, 1.165) is 40.2 Å². The van der Waals surface area contributed by atoms with Crippen LogP contribution in [-0.2, 0) is 52.2 Å². The molecule has 0 spiro atoms. The lowest BCUT2D eigenvalue weighted by Gasteiger charge is -2.46. The molecule has 2 bridgehead atoms. The molecule has 5 atom stereocenters. The van der Waals surface area contributed by atoms with E-state index in [1.165, 1.54) is 4.90 Å². The number of fused-ring (bicyclic) bond motifs is 3. The van der Waals surface area contributed by atoms with Crippen LogP contribution in [0.3, 0.4) is 0 Å². The number of hydrogen-bond donors (Lipinski definition) is 2. The molecule has 4 aromatic carbocycles. The zero-order valence-electron chi connectivity index (χ0n) is 38.0. The first-order chi connectivity index (χ1) is 31.7. The zero-order valence-corrected chi connectivity index (χ0v) is 39.5. The number of Topliss-reactive ketones (excluding diaryl/α,β-unsaturated/α-hetero) is 1. The van der Waals surface area contributed by atoms with Gasteiger partial charge in [0.2, 0.25) is 17.7 Å². The molecule has 8 rings (SSSR count). The number of ether oxygens (including phenoxy) is 1. The number of halogens is 2. The number of piperidine rings is 1. The van der Waals surface area contributed by atoms with Crippen LogP contribution in [0.1, 0.15) is 73.0 Å². The number of nitrogens with zero attached hydrogens (tertiary/aromatic N) is 5. The number of aliphatic hydroxyl groups is 1. The summed E-state index contributed by atoms with van der Waals surface area (Å²) in [6, 6.07) is 27.3. The molecule has 5 aromatic rings. The Morgan fingerprint density at radius 2 is 1.67 bits per heavy atom. The Morgan fingerprint density at radius 3 is 2.41 bits per heavy atom. The van der Waals surface area contributed by atoms with Crippen molar-refractivity contribution in [3.8, 4) is 22.8 Å². The van der Waals surface area contributed by atoms with Gasteiger partial charge in [0.05, 0.1) is 55.0 Å². The van der Waals surface area contributed by atoms with Crippen molar-refractivity contribution < 1.29 is 29.0 Å². The summed E-state index contributed by atoms with van der Waals surface area (Å²) in [6.07, 6.45) is 4.49. The van der Waals surface area contributed by atoms with E-state index < -0.39 is 41.7 Å². The second kappa shape index (κ2) is 20.1. The average Bonchev–Trinajstić information content (AvgIpc) is 3.89. The smallest absolute Gasteiger partial charge is 0.226 e. The minimum atomic E-state index is -1.08. The lowest BCUT2D eigenvalue weighted by Crippen LogP contribution is -2.63. The maximum absolute atomic E-state index is 15.3. The molecule has 2 N–H and O–H groups in total. The number of rotatable bonds is 11. The Kier molecular flexibility index (Phi) is 14.3. The van der Waals surface area contributed by atoms with Crippen LogP contribution >= 0.6 is 23.2 Å². The number of aromatic nitrogens is 2. The van der Waals surface area contributed by atoms with Crippen LogP contribution in [-0.4, -0.2) is 98.2 Å². The van der Waals surface area contributed by atoms with Gasteiger partial charge >= 0.3 is 0 Å². The largest absolute Gasteiger partial charge is 0.457 e. The Hall–Kier alpha value is -5.53. The van der Waals surface area contributed by atoms with Gasteiger partial charge in [-0.3, -0.25) is 19.2 Å². The van der Waals surface area contributed by atoms with Crippen LogP contribution in [0.4, 0.5) is 0 Å². The first-order valence-corrected chi connectivity index (χ1v) is 23.5. The molecule has 2 aliphatic heterocycles. The van der Waals surface area contributed by atoms with Gasteiger partial charge in [-0.05, 0) is 124 Å². The summed E-state index contributed by atoms with van der Waals surface area (Å²) >= 11 is 12.8. The molecule has 0 unspecified atom stereocenters. The zero-order chi connectivity index (χ0) is 46.7. The van der Waals surface area contributed by atoms with Crippen LogP contribution in [0, 0.1) is 11.8 Å². The van der Waals surface area contributed by atoms with Crippen molar-refractivity contribution in [1.29, 1.82) is 0 Å². The van der Waals surface area contributed by atoms with Crippen LogP contribution in [0.15, 0.2) is 97.2 Å². The summed E-state index contributed by atoms with van der Waals surface area (Å²) in [6.45, 7) is 2.39. The van der Waals surface area contributed by atoms with Gasteiger partial charge < -0.3 is 34.4 Å². The van der Waals surface area contributed by atoms with Crippen molar-refractivity contribution in [2.45, 2.75) is 82.5 Å². The number of carbonyl (C=O) groups is 4. The molecule has 3 amide bonds. The van der Waals surface area contributed by atoms with Crippen LogP contribution < -0.4 is 10.1 Å². The highest BCUT2D eigenvalue weighted by Crippen LogP contribution is 2.42. The predicted octanol–water partition coefficient (Wildman–Crippen LogP) is 8.00. The van der Waals surface area contributed by atoms with Gasteiger partial charge in [0.15, 0.2) is 5.78 Å². The van der Waals surface area contributed by atoms with E-state index >= 15 is 9.59 Å². The summed E-state index contributed by atoms with van der Waals surface area (Å²) < 4.78 is 8.56. The number of amides is 3. The van der Waals surface area contributed by atoms with Crippen molar-refractivity contribution in [2.75, 3.05) is 33.8 Å². The summed E-state index contributed by atoms with van der Waals surface area (Å²) in [4.78, 5) is 69.2. The van der Waals surface area contributed by atoms with E-state index in [4.69, 9.17) is 27.9 Å². The first kappa shape index (κ1) is 47.0. The fourth-order valence-corrected chi connectivity index (χ4v) is 10.4. The van der Waals surface area contributed by atoms with Crippen molar-refractivity contribution in [1.82, 2.24) is 29.6 Å². The Balaban J connectivity index is 1.13. The Bertz CT molecular complexity index is 2580. The van der Waals surface area contributed by atoms with Crippen LogP contribution in [0.25, 0.3) is 11.3 Å². The molecule has 346 valence electrons. The number of hydrogen-bond acceptors (Lipinski definition) is 8. The van der Waals surface area contributed by atoms with Crippen molar-refractivity contribution >= 4 is 46.7 Å². The highest BCUT2D eigenvalue weighted by molar-refractivity contribution is 6.31. The lowest BCUT2D eigenvalue weighted by atomic mass is 9.79. The quantitative estimate of drug-likeness (QED) is 0.136.